The van der Waals surface area contributed by atoms with Gasteiger partial charge in [-0.15, -0.1) is 5.10 Å². The van der Waals surface area contributed by atoms with Crippen molar-refractivity contribution >= 4 is 5.91 Å². The summed E-state index contributed by atoms with van der Waals surface area (Å²) in [5.74, 6) is 0.828. The number of nitrogens with zero attached hydrogens (tertiary/aromatic N) is 4. The van der Waals surface area contributed by atoms with E-state index in [2.05, 4.69) is 15.5 Å². The number of carbonyl (C=O) groups excluding carboxylic acids is 1. The molecular weight excluding hydrogens is 358 g/mol. The fraction of sp³-hybridized carbons (Fsp3) is 0.300. The quantitative estimate of drug-likeness (QED) is 0.675. The average Bonchev–Trinajstić information content (AvgIpc) is 3.02. The van der Waals surface area contributed by atoms with Crippen LogP contribution in [0.5, 0.6) is 5.75 Å². The Morgan fingerprint density at radius 2 is 1.93 bits per heavy atom. The fourth-order valence-corrected chi connectivity index (χ4v) is 2.88. The maximum Gasteiger partial charge on any atom is 0.266 e. The molecule has 1 N–H and O–H groups in total. The summed E-state index contributed by atoms with van der Waals surface area (Å²) >= 11 is 0. The Kier molecular flexibility index (Phi) is 5.88. The predicted molar refractivity (Wildman–Crippen MR) is 105 cm³/mol. The van der Waals surface area contributed by atoms with Crippen LogP contribution in [-0.2, 0) is 6.54 Å². The van der Waals surface area contributed by atoms with Gasteiger partial charge in [-0.1, -0.05) is 12.1 Å². The SMILES string of the molecule is CCOc1ccccc1C(=O)NCCn1nc(-n2nc(C)cc2C)ccc1=O. The lowest BCUT2D eigenvalue weighted by atomic mass is 10.2. The lowest BCUT2D eigenvalue weighted by Crippen LogP contribution is -2.32. The second kappa shape index (κ2) is 8.51. The number of amides is 1. The second-order valence-corrected chi connectivity index (χ2v) is 6.28. The number of nitrogens with one attached hydrogen (secondary N) is 1. The number of carbonyl (C=O) groups is 1. The summed E-state index contributed by atoms with van der Waals surface area (Å²) in [5, 5.41) is 11.6. The maximum absolute atomic E-state index is 12.4. The van der Waals surface area contributed by atoms with E-state index in [9.17, 15) is 9.59 Å². The van der Waals surface area contributed by atoms with Crippen molar-refractivity contribution in [3.8, 4) is 11.6 Å². The molecule has 0 unspecified atom stereocenters. The predicted octanol–water partition coefficient (Wildman–Crippen LogP) is 1.87. The summed E-state index contributed by atoms with van der Waals surface area (Å²) in [6.45, 7) is 6.66. The molecule has 0 saturated carbocycles. The standard InChI is InChI=1S/C20H23N5O3/c1-4-28-17-8-6-5-7-16(17)20(27)21-11-12-24-19(26)10-9-18(23-24)25-15(3)13-14(2)22-25/h5-10,13H,4,11-12H2,1-3H3,(H,21,27). The first kappa shape index (κ1) is 19.3. The molecule has 0 radical (unpaired) electrons. The summed E-state index contributed by atoms with van der Waals surface area (Å²) in [7, 11) is 0. The number of aromatic nitrogens is 4. The Labute approximate surface area is 162 Å². The summed E-state index contributed by atoms with van der Waals surface area (Å²) in [4.78, 5) is 24.6. The third kappa shape index (κ3) is 4.28. The zero-order valence-corrected chi connectivity index (χ0v) is 16.2. The summed E-state index contributed by atoms with van der Waals surface area (Å²) < 4.78 is 8.48. The molecule has 2 heterocycles. The largest absolute Gasteiger partial charge is 0.493 e. The van der Waals surface area contributed by atoms with Crippen LogP contribution in [0.3, 0.4) is 0 Å². The molecular formula is C20H23N5O3. The van der Waals surface area contributed by atoms with E-state index in [1.54, 1.807) is 28.9 Å². The van der Waals surface area contributed by atoms with Crippen molar-refractivity contribution in [3.63, 3.8) is 0 Å². The molecule has 1 aromatic carbocycles. The monoisotopic (exact) mass is 381 g/mol. The van der Waals surface area contributed by atoms with Crippen LogP contribution in [0.25, 0.3) is 5.82 Å². The van der Waals surface area contributed by atoms with E-state index in [4.69, 9.17) is 4.74 Å². The third-order valence-electron chi connectivity index (χ3n) is 4.12. The van der Waals surface area contributed by atoms with Crippen molar-refractivity contribution < 1.29 is 9.53 Å². The van der Waals surface area contributed by atoms with Crippen molar-refractivity contribution in [2.24, 2.45) is 0 Å². The second-order valence-electron chi connectivity index (χ2n) is 6.28. The van der Waals surface area contributed by atoms with E-state index in [1.807, 2.05) is 32.9 Å². The van der Waals surface area contributed by atoms with Crippen molar-refractivity contribution in [3.05, 3.63) is 69.8 Å². The van der Waals surface area contributed by atoms with Crippen molar-refractivity contribution in [1.82, 2.24) is 24.9 Å². The minimum Gasteiger partial charge on any atom is -0.493 e. The highest BCUT2D eigenvalue weighted by Crippen LogP contribution is 2.17. The minimum absolute atomic E-state index is 0.241. The van der Waals surface area contributed by atoms with Gasteiger partial charge in [-0.05, 0) is 45.0 Å². The van der Waals surface area contributed by atoms with Gasteiger partial charge in [0, 0.05) is 18.3 Å². The van der Waals surface area contributed by atoms with Gasteiger partial charge in [-0.3, -0.25) is 9.59 Å². The zero-order chi connectivity index (χ0) is 20.1. The van der Waals surface area contributed by atoms with Crippen LogP contribution in [0.15, 0.2) is 47.3 Å². The number of ether oxygens (including phenoxy) is 1. The molecule has 3 rings (SSSR count). The molecule has 0 atom stereocenters. The maximum atomic E-state index is 12.4. The van der Waals surface area contributed by atoms with Crippen LogP contribution in [0.2, 0.25) is 0 Å². The van der Waals surface area contributed by atoms with Gasteiger partial charge in [0.2, 0.25) is 0 Å². The van der Waals surface area contributed by atoms with E-state index in [0.717, 1.165) is 11.4 Å². The first-order chi connectivity index (χ1) is 13.5. The van der Waals surface area contributed by atoms with Crippen molar-refractivity contribution in [2.75, 3.05) is 13.2 Å². The summed E-state index contributed by atoms with van der Waals surface area (Å²) in [5.41, 5.74) is 2.02. The number of hydrogen-bond donors (Lipinski definition) is 1. The van der Waals surface area contributed by atoms with Gasteiger partial charge in [-0.25, -0.2) is 9.36 Å². The molecule has 0 aliphatic carbocycles. The van der Waals surface area contributed by atoms with Crippen molar-refractivity contribution in [1.29, 1.82) is 0 Å². The van der Waals surface area contributed by atoms with E-state index < -0.39 is 0 Å². The number of hydrogen-bond acceptors (Lipinski definition) is 5. The first-order valence-corrected chi connectivity index (χ1v) is 9.11. The van der Waals surface area contributed by atoms with Gasteiger partial charge in [0.25, 0.3) is 11.5 Å². The fourth-order valence-electron chi connectivity index (χ4n) is 2.88. The van der Waals surface area contributed by atoms with Gasteiger partial charge >= 0.3 is 0 Å². The first-order valence-electron chi connectivity index (χ1n) is 9.11. The number of rotatable bonds is 7. The number of para-hydroxylation sites is 1. The minimum atomic E-state index is -0.258. The van der Waals surface area contributed by atoms with Gasteiger partial charge < -0.3 is 10.1 Å². The van der Waals surface area contributed by atoms with Crippen LogP contribution < -0.4 is 15.6 Å². The number of benzene rings is 1. The van der Waals surface area contributed by atoms with Crippen LogP contribution in [0, 0.1) is 13.8 Å². The van der Waals surface area contributed by atoms with E-state index in [-0.39, 0.29) is 24.6 Å². The van der Waals surface area contributed by atoms with Gasteiger partial charge in [0.15, 0.2) is 5.82 Å². The molecule has 0 spiro atoms. The zero-order valence-electron chi connectivity index (χ0n) is 16.2. The van der Waals surface area contributed by atoms with E-state index >= 15 is 0 Å². The van der Waals surface area contributed by atoms with Crippen LogP contribution in [-0.4, -0.2) is 38.6 Å². The van der Waals surface area contributed by atoms with Gasteiger partial charge in [-0.2, -0.15) is 5.10 Å². The van der Waals surface area contributed by atoms with Crippen LogP contribution >= 0.6 is 0 Å². The van der Waals surface area contributed by atoms with Crippen molar-refractivity contribution in [2.45, 2.75) is 27.3 Å². The third-order valence-corrected chi connectivity index (χ3v) is 4.12. The van der Waals surface area contributed by atoms with Crippen LogP contribution in [0.4, 0.5) is 0 Å². The van der Waals surface area contributed by atoms with E-state index in [1.165, 1.54) is 10.7 Å². The Bertz CT molecular complexity index is 1040. The Balaban J connectivity index is 1.70. The smallest absolute Gasteiger partial charge is 0.266 e. The topological polar surface area (TPSA) is 91.0 Å². The Hall–Kier alpha value is -3.42. The molecule has 8 heteroatoms. The molecule has 2 aromatic heterocycles. The summed E-state index contributed by atoms with van der Waals surface area (Å²) in [6.07, 6.45) is 0. The van der Waals surface area contributed by atoms with Gasteiger partial charge in [0.05, 0.1) is 24.4 Å². The van der Waals surface area contributed by atoms with Gasteiger partial charge in [0.1, 0.15) is 5.75 Å². The molecule has 146 valence electrons. The Morgan fingerprint density at radius 3 is 2.64 bits per heavy atom. The molecule has 28 heavy (non-hydrogen) atoms. The highest BCUT2D eigenvalue weighted by Gasteiger charge is 2.12. The van der Waals surface area contributed by atoms with E-state index in [0.29, 0.717) is 23.7 Å². The average molecular weight is 381 g/mol. The molecule has 0 fully saturated rings. The molecule has 1 amide bonds. The summed E-state index contributed by atoms with van der Waals surface area (Å²) in [6, 6.07) is 12.1. The molecule has 0 aliphatic heterocycles. The normalized spacial score (nSPS) is 10.7. The highest BCUT2D eigenvalue weighted by atomic mass is 16.5. The molecule has 0 aliphatic rings. The number of aryl methyl sites for hydroxylation is 2. The molecule has 8 nitrogen and oxygen atoms in total. The lowest BCUT2D eigenvalue weighted by molar-refractivity contribution is 0.0948. The molecule has 0 bridgehead atoms. The highest BCUT2D eigenvalue weighted by molar-refractivity contribution is 5.96. The molecule has 3 aromatic rings. The molecule has 0 saturated heterocycles. The lowest BCUT2D eigenvalue weighted by Gasteiger charge is -2.11. The Morgan fingerprint density at radius 1 is 1.14 bits per heavy atom. The van der Waals surface area contributed by atoms with Crippen LogP contribution in [0.1, 0.15) is 28.7 Å².